The fraction of sp³-hybridized carbons (Fsp3) is 0.333. The molecular formula is C30H33ClN2O3. The van der Waals surface area contributed by atoms with Gasteiger partial charge in [0.15, 0.2) is 0 Å². The molecule has 0 saturated carbocycles. The fourth-order valence-electron chi connectivity index (χ4n) is 5.29. The van der Waals surface area contributed by atoms with Crippen LogP contribution in [0.5, 0.6) is 5.75 Å². The number of piperidine rings is 1. The zero-order valence-corrected chi connectivity index (χ0v) is 21.6. The summed E-state index contributed by atoms with van der Waals surface area (Å²) in [7, 11) is 0. The molecule has 36 heavy (non-hydrogen) atoms. The molecule has 0 aromatic heterocycles. The minimum atomic E-state index is -1.00. The highest BCUT2D eigenvalue weighted by Gasteiger charge is 2.56. The first-order valence-corrected chi connectivity index (χ1v) is 12.8. The average Bonchev–Trinajstić information content (AvgIpc) is 2.85. The minimum absolute atomic E-state index is 0.0243. The largest absolute Gasteiger partial charge is 0.508 e. The molecule has 1 aliphatic carbocycles. The van der Waals surface area contributed by atoms with E-state index in [1.165, 1.54) is 0 Å². The number of carbonyl (C=O) groups excluding carboxylic acids is 2. The molecule has 2 amide bonds. The van der Waals surface area contributed by atoms with Crippen molar-refractivity contribution in [3.8, 4) is 5.75 Å². The normalized spacial score (nSPS) is 21.2. The Morgan fingerprint density at radius 3 is 2.72 bits per heavy atom. The first-order valence-electron chi connectivity index (χ1n) is 12.4. The number of fused-ring (bicyclic) bond motifs is 3. The van der Waals surface area contributed by atoms with Gasteiger partial charge in [-0.25, -0.2) is 0 Å². The molecule has 1 heterocycles. The molecule has 0 radical (unpaired) electrons. The number of nitrogens with one attached hydrogen (secondary N) is 1. The zero-order valence-electron chi connectivity index (χ0n) is 20.8. The maximum atomic E-state index is 14.1. The number of hydrogen-bond acceptors (Lipinski definition) is 3. The molecule has 2 aliphatic rings. The second-order valence-electron chi connectivity index (χ2n) is 9.97. The monoisotopic (exact) mass is 504 g/mol. The Labute approximate surface area is 218 Å². The van der Waals surface area contributed by atoms with Crippen molar-refractivity contribution in [3.05, 3.63) is 94.6 Å². The lowest BCUT2D eigenvalue weighted by Gasteiger charge is -2.52. The van der Waals surface area contributed by atoms with E-state index in [1.54, 1.807) is 35.2 Å². The number of benzene rings is 2. The maximum absolute atomic E-state index is 14.1. The molecule has 2 atom stereocenters. The third-order valence-corrected chi connectivity index (χ3v) is 7.37. The first kappa shape index (κ1) is 25.8. The van der Waals surface area contributed by atoms with Crippen molar-refractivity contribution >= 4 is 29.5 Å². The van der Waals surface area contributed by atoms with Crippen LogP contribution in [0.4, 0.5) is 0 Å². The van der Waals surface area contributed by atoms with Gasteiger partial charge in [0.05, 0.1) is 11.5 Å². The van der Waals surface area contributed by atoms with E-state index >= 15 is 0 Å². The highest BCUT2D eigenvalue weighted by molar-refractivity contribution is 6.30. The summed E-state index contributed by atoms with van der Waals surface area (Å²) in [6, 6.07) is 12.0. The summed E-state index contributed by atoms with van der Waals surface area (Å²) in [4.78, 5) is 29.4. The molecule has 0 bridgehead atoms. The highest BCUT2D eigenvalue weighted by Crippen LogP contribution is 2.56. The van der Waals surface area contributed by atoms with Crippen molar-refractivity contribution in [2.75, 3.05) is 6.54 Å². The molecule has 1 saturated heterocycles. The molecule has 0 spiro atoms. The number of likely N-dealkylation sites (tertiary alicyclic amines) is 1. The molecule has 5 nitrogen and oxygen atoms in total. The second kappa shape index (κ2) is 10.8. The summed E-state index contributed by atoms with van der Waals surface area (Å²) in [5, 5.41) is 14.2. The van der Waals surface area contributed by atoms with Gasteiger partial charge >= 0.3 is 0 Å². The lowest BCUT2D eigenvalue weighted by Crippen LogP contribution is -2.57. The molecule has 2 aromatic carbocycles. The van der Waals surface area contributed by atoms with E-state index in [1.807, 2.05) is 36.4 Å². The van der Waals surface area contributed by atoms with Crippen LogP contribution in [0.25, 0.3) is 6.08 Å². The van der Waals surface area contributed by atoms with E-state index in [4.69, 9.17) is 11.6 Å². The van der Waals surface area contributed by atoms with E-state index in [0.29, 0.717) is 30.5 Å². The van der Waals surface area contributed by atoms with Crippen molar-refractivity contribution in [2.45, 2.75) is 45.7 Å². The number of aromatic hydroxyl groups is 1. The third kappa shape index (κ3) is 4.98. The van der Waals surface area contributed by atoms with E-state index in [-0.39, 0.29) is 24.0 Å². The summed E-state index contributed by atoms with van der Waals surface area (Å²) >= 11 is 6.10. The number of amides is 2. The van der Waals surface area contributed by atoms with E-state index in [2.05, 4.69) is 25.7 Å². The van der Waals surface area contributed by atoms with Gasteiger partial charge in [-0.15, -0.1) is 0 Å². The Bertz CT molecular complexity index is 1220. The quantitative estimate of drug-likeness (QED) is 0.421. The van der Waals surface area contributed by atoms with Crippen molar-refractivity contribution < 1.29 is 14.7 Å². The molecule has 4 rings (SSSR count). The summed E-state index contributed by atoms with van der Waals surface area (Å²) < 4.78 is 0. The Morgan fingerprint density at radius 1 is 1.28 bits per heavy atom. The number of rotatable bonds is 8. The van der Waals surface area contributed by atoms with Gasteiger partial charge in [0, 0.05) is 24.5 Å². The van der Waals surface area contributed by atoms with Crippen LogP contribution in [0.1, 0.15) is 55.8 Å². The van der Waals surface area contributed by atoms with Gasteiger partial charge in [-0.1, -0.05) is 74.5 Å². The average molecular weight is 505 g/mol. The highest BCUT2D eigenvalue weighted by atomic mass is 35.5. The van der Waals surface area contributed by atoms with Crippen molar-refractivity contribution in [2.24, 2.45) is 11.3 Å². The number of phenolic OH excluding ortho intramolecular Hbond substituents is 1. The zero-order chi connectivity index (χ0) is 25.9. The van der Waals surface area contributed by atoms with Crippen molar-refractivity contribution in [1.82, 2.24) is 10.2 Å². The van der Waals surface area contributed by atoms with Crippen LogP contribution in [0.15, 0.2) is 72.8 Å². The van der Waals surface area contributed by atoms with E-state index in [9.17, 15) is 14.7 Å². The minimum Gasteiger partial charge on any atom is -0.508 e. The first-order chi connectivity index (χ1) is 17.3. The molecule has 1 fully saturated rings. The van der Waals surface area contributed by atoms with E-state index in [0.717, 1.165) is 28.7 Å². The lowest BCUT2D eigenvalue weighted by molar-refractivity contribution is -0.150. The molecule has 1 aliphatic heterocycles. The van der Waals surface area contributed by atoms with Crippen LogP contribution in [-0.4, -0.2) is 28.4 Å². The number of nitrogens with zero attached hydrogens (tertiary/aromatic N) is 1. The Kier molecular flexibility index (Phi) is 7.70. The SMILES string of the molecule is C=C/C=C\C1=Cc2ccc(O)cc2C2N(Cc3ccc(Cl)cc3)C(=O)CCC12C(=O)NCCC(C)C. The van der Waals surface area contributed by atoms with Crippen LogP contribution in [-0.2, 0) is 16.1 Å². The Hall–Kier alpha value is -3.31. The van der Waals surface area contributed by atoms with Gasteiger partial charge in [-0.05, 0) is 65.3 Å². The summed E-state index contributed by atoms with van der Waals surface area (Å²) in [6.45, 7) is 8.94. The lowest BCUT2D eigenvalue weighted by atomic mass is 9.61. The fourth-order valence-corrected chi connectivity index (χ4v) is 5.42. The molecule has 6 heteroatoms. The predicted molar refractivity (Wildman–Crippen MR) is 144 cm³/mol. The number of phenols is 1. The van der Waals surface area contributed by atoms with Gasteiger partial charge in [0.25, 0.3) is 0 Å². The Balaban J connectivity index is 1.88. The third-order valence-electron chi connectivity index (χ3n) is 7.11. The van der Waals surface area contributed by atoms with Gasteiger partial charge in [-0.2, -0.15) is 0 Å². The molecule has 2 aromatic rings. The topological polar surface area (TPSA) is 69.6 Å². The van der Waals surface area contributed by atoms with Crippen molar-refractivity contribution in [3.63, 3.8) is 0 Å². The summed E-state index contributed by atoms with van der Waals surface area (Å²) in [5.74, 6) is 0.429. The van der Waals surface area contributed by atoms with Crippen LogP contribution in [0.3, 0.4) is 0 Å². The van der Waals surface area contributed by atoms with Gasteiger partial charge in [-0.3, -0.25) is 9.59 Å². The summed E-state index contributed by atoms with van der Waals surface area (Å²) in [5.41, 5.74) is 2.40. The van der Waals surface area contributed by atoms with Crippen LogP contribution in [0.2, 0.25) is 5.02 Å². The number of allylic oxidation sites excluding steroid dienone is 3. The number of hydrogen-bond donors (Lipinski definition) is 2. The molecular weight excluding hydrogens is 472 g/mol. The molecule has 188 valence electrons. The van der Waals surface area contributed by atoms with Crippen LogP contribution >= 0.6 is 11.6 Å². The predicted octanol–water partition coefficient (Wildman–Crippen LogP) is 6.20. The van der Waals surface area contributed by atoms with Crippen LogP contribution in [0, 0.1) is 11.3 Å². The number of carbonyl (C=O) groups is 2. The van der Waals surface area contributed by atoms with Crippen molar-refractivity contribution in [1.29, 1.82) is 0 Å². The number of halogens is 1. The maximum Gasteiger partial charge on any atom is 0.233 e. The molecule has 2 unspecified atom stereocenters. The van der Waals surface area contributed by atoms with Crippen LogP contribution < -0.4 is 5.32 Å². The Morgan fingerprint density at radius 2 is 2.03 bits per heavy atom. The standard InChI is InChI=1S/C30H33ClN2O3/c1-4-5-6-23-17-22-9-12-25(34)18-26(22)28-30(23,29(36)32-16-14-20(2)3)15-13-27(35)33(28)19-21-7-10-24(31)11-8-21/h4-12,17-18,20,28,34H,1,13-16,19H2,2-3H3,(H,32,36)/b6-5-. The summed E-state index contributed by atoms with van der Waals surface area (Å²) in [6.07, 6.45) is 8.93. The van der Waals surface area contributed by atoms with Gasteiger partial charge < -0.3 is 15.3 Å². The van der Waals surface area contributed by atoms with Gasteiger partial charge in [0.2, 0.25) is 11.8 Å². The van der Waals surface area contributed by atoms with Gasteiger partial charge in [0.1, 0.15) is 5.75 Å². The second-order valence-corrected chi connectivity index (χ2v) is 10.4. The smallest absolute Gasteiger partial charge is 0.233 e. The van der Waals surface area contributed by atoms with E-state index < -0.39 is 11.5 Å². The molecule has 2 N–H and O–H groups in total.